The molecule has 1 amide bonds. The molecule has 1 saturated heterocycles. The average Bonchev–Trinajstić information content (AvgIpc) is 3.45. The van der Waals surface area contributed by atoms with Crippen LogP contribution in [0.2, 0.25) is 0 Å². The fourth-order valence-electron chi connectivity index (χ4n) is 5.58. The second-order valence-corrected chi connectivity index (χ2v) is 10.6. The van der Waals surface area contributed by atoms with Crippen LogP contribution in [0.3, 0.4) is 0 Å². The van der Waals surface area contributed by atoms with E-state index < -0.39 is 4.92 Å². The Bertz CT molecular complexity index is 1650. The summed E-state index contributed by atoms with van der Waals surface area (Å²) in [6, 6.07) is 19.6. The van der Waals surface area contributed by atoms with E-state index in [4.69, 9.17) is 17.0 Å². The second-order valence-electron chi connectivity index (χ2n) is 10.3. The lowest BCUT2D eigenvalue weighted by Gasteiger charge is -2.28. The van der Waals surface area contributed by atoms with Crippen LogP contribution in [0.4, 0.5) is 11.4 Å². The number of hydrogen-bond acceptors (Lipinski definition) is 6. The molecule has 0 saturated carbocycles. The standard InChI is InChI=1S/C31H32N6O4S/c1-19-8-7-9-22(16-19)33-28(38)13-15-35-30(29(34-31(35)42)25-10-5-6-14-32-25)24-17-20(2)36(21(24)3)26-12-11-23(41-4)18-27(26)37(39)40/h5-12,14,16-18,29-30H,13,15H2,1-4H3,(H,33,38)(H,34,42)/t29-,30+/m1/s1. The number of nitro benzene ring substituents is 1. The SMILES string of the molecule is COc1ccc(-n2c(C)cc([C@H]3[C@@H](c4ccccn4)NC(=S)N3CCC(=O)Nc3cccc(C)c3)c2C)c([N+](=O)[O-])c1. The number of nitro groups is 1. The first-order chi connectivity index (χ1) is 20.2. The van der Waals surface area contributed by atoms with Crippen molar-refractivity contribution < 1.29 is 14.5 Å². The van der Waals surface area contributed by atoms with E-state index in [-0.39, 0.29) is 30.1 Å². The van der Waals surface area contributed by atoms with Crippen molar-refractivity contribution in [1.82, 2.24) is 19.8 Å². The Labute approximate surface area is 249 Å². The lowest BCUT2D eigenvalue weighted by molar-refractivity contribution is -0.384. The number of benzene rings is 2. The van der Waals surface area contributed by atoms with E-state index in [0.29, 0.717) is 23.1 Å². The van der Waals surface area contributed by atoms with Crippen LogP contribution in [0, 0.1) is 30.9 Å². The fourth-order valence-corrected chi connectivity index (χ4v) is 5.91. The van der Waals surface area contributed by atoms with Gasteiger partial charge >= 0.3 is 0 Å². The molecule has 5 rings (SSSR count). The molecule has 4 aromatic rings. The van der Waals surface area contributed by atoms with Gasteiger partial charge in [0, 0.05) is 36.2 Å². The molecule has 0 aliphatic carbocycles. The van der Waals surface area contributed by atoms with Crippen LogP contribution < -0.4 is 15.4 Å². The van der Waals surface area contributed by atoms with Gasteiger partial charge in [-0.3, -0.25) is 19.9 Å². The first-order valence-corrected chi connectivity index (χ1v) is 13.9. The molecule has 1 aliphatic heterocycles. The Hall–Kier alpha value is -4.77. The van der Waals surface area contributed by atoms with Gasteiger partial charge in [0.25, 0.3) is 5.69 Å². The molecule has 11 heteroatoms. The highest BCUT2D eigenvalue weighted by Gasteiger charge is 2.41. The third-order valence-corrected chi connectivity index (χ3v) is 7.84. The van der Waals surface area contributed by atoms with Crippen molar-refractivity contribution in [3.63, 3.8) is 0 Å². The van der Waals surface area contributed by atoms with Crippen molar-refractivity contribution in [2.75, 3.05) is 19.0 Å². The number of rotatable bonds is 9. The van der Waals surface area contributed by atoms with E-state index >= 15 is 0 Å². The number of hydrogen-bond donors (Lipinski definition) is 2. The average molecular weight is 585 g/mol. The lowest BCUT2D eigenvalue weighted by Crippen LogP contribution is -2.32. The predicted molar refractivity (Wildman–Crippen MR) is 165 cm³/mol. The molecule has 0 spiro atoms. The van der Waals surface area contributed by atoms with E-state index in [2.05, 4.69) is 15.6 Å². The number of methoxy groups -OCH3 is 1. The van der Waals surface area contributed by atoms with Gasteiger partial charge in [0.05, 0.1) is 35.9 Å². The summed E-state index contributed by atoms with van der Waals surface area (Å²) in [5.74, 6) is 0.284. The van der Waals surface area contributed by atoms with Gasteiger partial charge in [0.15, 0.2) is 5.11 Å². The summed E-state index contributed by atoms with van der Waals surface area (Å²) in [6.45, 7) is 6.20. The minimum Gasteiger partial charge on any atom is -0.496 e. The molecule has 2 aromatic carbocycles. The van der Waals surface area contributed by atoms with Crippen molar-refractivity contribution in [1.29, 1.82) is 0 Å². The van der Waals surface area contributed by atoms with Crippen LogP contribution in [0.1, 0.15) is 46.7 Å². The van der Waals surface area contributed by atoms with Crippen LogP contribution in [-0.2, 0) is 4.79 Å². The summed E-state index contributed by atoms with van der Waals surface area (Å²) in [6.07, 6.45) is 1.95. The molecule has 1 aliphatic rings. The van der Waals surface area contributed by atoms with Crippen LogP contribution >= 0.6 is 12.2 Å². The fraction of sp³-hybridized carbons (Fsp3) is 0.258. The highest BCUT2D eigenvalue weighted by Crippen LogP contribution is 2.42. The van der Waals surface area contributed by atoms with Gasteiger partial charge in [-0.05, 0) is 86.6 Å². The van der Waals surface area contributed by atoms with Crippen LogP contribution in [0.5, 0.6) is 5.75 Å². The molecule has 10 nitrogen and oxygen atoms in total. The summed E-state index contributed by atoms with van der Waals surface area (Å²) >= 11 is 5.80. The molecule has 0 unspecified atom stereocenters. The van der Waals surface area contributed by atoms with E-state index in [1.807, 2.05) is 78.8 Å². The predicted octanol–water partition coefficient (Wildman–Crippen LogP) is 5.72. The number of carbonyl (C=O) groups is 1. The zero-order valence-corrected chi connectivity index (χ0v) is 24.6. The number of aromatic nitrogens is 2. The van der Waals surface area contributed by atoms with Crippen molar-refractivity contribution in [3.05, 3.63) is 111 Å². The summed E-state index contributed by atoms with van der Waals surface area (Å²) in [7, 11) is 1.48. The third kappa shape index (κ3) is 5.68. The van der Waals surface area contributed by atoms with Crippen LogP contribution in [0.15, 0.2) is 72.9 Å². The van der Waals surface area contributed by atoms with Gasteiger partial charge in [-0.2, -0.15) is 0 Å². The maximum atomic E-state index is 13.0. The zero-order valence-electron chi connectivity index (χ0n) is 23.8. The zero-order chi connectivity index (χ0) is 30.0. The smallest absolute Gasteiger partial charge is 0.296 e. The molecule has 2 N–H and O–H groups in total. The number of pyridine rings is 1. The molecule has 0 radical (unpaired) electrons. The van der Waals surface area contributed by atoms with E-state index in [0.717, 1.165) is 33.9 Å². The number of aryl methyl sites for hydroxylation is 2. The molecule has 2 atom stereocenters. The Balaban J connectivity index is 1.52. The van der Waals surface area contributed by atoms with Crippen molar-refractivity contribution in [3.8, 4) is 11.4 Å². The molecular formula is C31H32N6O4S. The minimum atomic E-state index is -0.404. The number of ether oxygens (including phenoxy) is 1. The molecular weight excluding hydrogens is 552 g/mol. The Morgan fingerprint density at radius 2 is 1.93 bits per heavy atom. The van der Waals surface area contributed by atoms with Crippen molar-refractivity contribution in [2.24, 2.45) is 0 Å². The van der Waals surface area contributed by atoms with Gasteiger partial charge in [0.2, 0.25) is 5.91 Å². The number of nitrogens with zero attached hydrogens (tertiary/aromatic N) is 4. The van der Waals surface area contributed by atoms with Gasteiger partial charge in [-0.15, -0.1) is 0 Å². The highest BCUT2D eigenvalue weighted by atomic mass is 32.1. The molecule has 216 valence electrons. The van der Waals surface area contributed by atoms with Crippen LogP contribution in [-0.4, -0.2) is 44.0 Å². The third-order valence-electron chi connectivity index (χ3n) is 7.49. The number of amides is 1. The molecule has 2 aromatic heterocycles. The van der Waals surface area contributed by atoms with Crippen molar-refractivity contribution >= 4 is 34.6 Å². The summed E-state index contributed by atoms with van der Waals surface area (Å²) in [4.78, 5) is 31.2. The lowest BCUT2D eigenvalue weighted by atomic mass is 9.96. The Kier molecular flexibility index (Phi) is 8.21. The van der Waals surface area contributed by atoms with E-state index in [1.165, 1.54) is 13.2 Å². The molecule has 0 bridgehead atoms. The number of nitrogens with one attached hydrogen (secondary N) is 2. The minimum absolute atomic E-state index is 0.0614. The monoisotopic (exact) mass is 584 g/mol. The highest BCUT2D eigenvalue weighted by molar-refractivity contribution is 7.80. The van der Waals surface area contributed by atoms with E-state index in [9.17, 15) is 14.9 Å². The van der Waals surface area contributed by atoms with E-state index in [1.54, 1.807) is 18.3 Å². The van der Waals surface area contributed by atoms with Gasteiger partial charge in [0.1, 0.15) is 11.4 Å². The quantitative estimate of drug-likeness (QED) is 0.146. The molecule has 42 heavy (non-hydrogen) atoms. The summed E-state index contributed by atoms with van der Waals surface area (Å²) in [5.41, 5.74) is 5.57. The maximum Gasteiger partial charge on any atom is 0.296 e. The Morgan fingerprint density at radius 1 is 1.12 bits per heavy atom. The largest absolute Gasteiger partial charge is 0.496 e. The first-order valence-electron chi connectivity index (χ1n) is 13.5. The number of anilines is 1. The number of carbonyl (C=O) groups excluding carboxylic acids is 1. The van der Waals surface area contributed by atoms with Crippen molar-refractivity contribution in [2.45, 2.75) is 39.3 Å². The maximum absolute atomic E-state index is 13.0. The first kappa shape index (κ1) is 28.7. The summed E-state index contributed by atoms with van der Waals surface area (Å²) < 4.78 is 7.12. The number of thiocarbonyl (C=S) groups is 1. The second kappa shape index (κ2) is 12.0. The van der Waals surface area contributed by atoms with Gasteiger partial charge in [-0.25, -0.2) is 0 Å². The Morgan fingerprint density at radius 3 is 2.62 bits per heavy atom. The summed E-state index contributed by atoms with van der Waals surface area (Å²) in [5, 5.41) is 18.9. The molecule has 1 fully saturated rings. The van der Waals surface area contributed by atoms with Gasteiger partial charge < -0.3 is 24.8 Å². The molecule has 3 heterocycles. The van der Waals surface area contributed by atoms with Gasteiger partial charge in [-0.1, -0.05) is 18.2 Å². The normalized spacial score (nSPS) is 16.3. The topological polar surface area (TPSA) is 115 Å². The van der Waals surface area contributed by atoms with Crippen LogP contribution in [0.25, 0.3) is 5.69 Å².